The van der Waals surface area contributed by atoms with Crippen molar-refractivity contribution < 1.29 is 4.79 Å². The first-order valence-corrected chi connectivity index (χ1v) is 12.8. The van der Waals surface area contributed by atoms with Gasteiger partial charge in [0.15, 0.2) is 0 Å². The topological polar surface area (TPSA) is 23.6 Å². The van der Waals surface area contributed by atoms with Crippen LogP contribution in [-0.4, -0.2) is 49.3 Å². The normalized spacial score (nSPS) is 22.2. The maximum absolute atomic E-state index is 8.00. The molecule has 0 bridgehead atoms. The maximum Gasteiger partial charge on any atom is 0.106 e. The molecule has 0 saturated carbocycles. The Morgan fingerprint density at radius 2 is 1.58 bits per heavy atom. The van der Waals surface area contributed by atoms with Crippen LogP contribution < -0.4 is 0 Å². The number of piperazine rings is 1. The molecule has 1 aromatic rings. The number of allylic oxidation sites excluding steroid dienone is 6. The molecule has 0 spiro atoms. The Bertz CT molecular complexity index is 755. The van der Waals surface area contributed by atoms with Crippen LogP contribution in [0.15, 0.2) is 78.1 Å². The first kappa shape index (κ1) is 28.6. The predicted molar refractivity (Wildman–Crippen MR) is 144 cm³/mol. The van der Waals surface area contributed by atoms with Gasteiger partial charge in [0.2, 0.25) is 0 Å². The second-order valence-corrected chi connectivity index (χ2v) is 8.17. The molecule has 0 amide bonds. The molecule has 33 heavy (non-hydrogen) atoms. The molecule has 1 aromatic carbocycles. The Labute approximate surface area is 203 Å². The summed E-state index contributed by atoms with van der Waals surface area (Å²) in [5.74, 6) is 1.33. The molecule has 2 aliphatic carbocycles. The number of carbonyl (C=O) groups excluding carboxylic acids is 1. The summed E-state index contributed by atoms with van der Waals surface area (Å²) in [6, 6.07) is 11.1. The number of hydrogen-bond acceptors (Lipinski definition) is 3. The van der Waals surface area contributed by atoms with Crippen molar-refractivity contribution in [2.45, 2.75) is 59.8 Å². The van der Waals surface area contributed by atoms with Crippen LogP contribution in [0.25, 0.3) is 0 Å². The van der Waals surface area contributed by atoms with E-state index in [1.54, 1.807) is 5.57 Å². The van der Waals surface area contributed by atoms with Gasteiger partial charge >= 0.3 is 0 Å². The Kier molecular flexibility index (Phi) is 14.9. The highest BCUT2D eigenvalue weighted by atomic mass is 16.1. The van der Waals surface area contributed by atoms with Crippen LogP contribution in [-0.2, 0) is 4.79 Å². The van der Waals surface area contributed by atoms with Crippen molar-refractivity contribution in [3.05, 3.63) is 83.6 Å². The van der Waals surface area contributed by atoms with Gasteiger partial charge < -0.3 is 9.69 Å². The fourth-order valence-corrected chi connectivity index (χ4v) is 4.63. The third-order valence-corrected chi connectivity index (χ3v) is 6.18. The SMILES string of the molecule is C=O.CC.CC.CC1C=C(CN2CCN(C3=CCC=CC=C3)CC2)C(c2ccccc2)CC1. The van der Waals surface area contributed by atoms with Crippen molar-refractivity contribution in [3.63, 3.8) is 0 Å². The van der Waals surface area contributed by atoms with Gasteiger partial charge in [-0.3, -0.25) is 4.90 Å². The molecule has 2 unspecified atom stereocenters. The first-order chi connectivity index (χ1) is 16.3. The third kappa shape index (κ3) is 9.17. The predicted octanol–water partition coefficient (Wildman–Crippen LogP) is 7.01. The smallest absolute Gasteiger partial charge is 0.106 e. The Balaban J connectivity index is 0.000000841. The third-order valence-electron chi connectivity index (χ3n) is 6.18. The van der Waals surface area contributed by atoms with Crippen LogP contribution in [0.2, 0.25) is 0 Å². The molecule has 0 radical (unpaired) electrons. The molecule has 0 N–H and O–H groups in total. The lowest BCUT2D eigenvalue weighted by Crippen LogP contribution is -2.46. The average molecular weight is 451 g/mol. The van der Waals surface area contributed by atoms with E-state index in [2.05, 4.69) is 83.5 Å². The van der Waals surface area contributed by atoms with Crippen LogP contribution in [0.4, 0.5) is 0 Å². The molecule has 3 nitrogen and oxygen atoms in total. The van der Waals surface area contributed by atoms with Crippen molar-refractivity contribution in [2.75, 3.05) is 32.7 Å². The molecule has 1 saturated heterocycles. The molecular weight excluding hydrogens is 404 g/mol. The summed E-state index contributed by atoms with van der Waals surface area (Å²) in [6.45, 7) is 18.1. The molecule has 1 aliphatic heterocycles. The van der Waals surface area contributed by atoms with E-state index in [0.29, 0.717) is 5.92 Å². The van der Waals surface area contributed by atoms with Crippen LogP contribution in [0, 0.1) is 5.92 Å². The number of rotatable bonds is 4. The van der Waals surface area contributed by atoms with E-state index in [4.69, 9.17) is 4.79 Å². The van der Waals surface area contributed by atoms with Crippen molar-refractivity contribution in [3.8, 4) is 0 Å². The molecule has 182 valence electrons. The van der Waals surface area contributed by atoms with Gasteiger partial charge in [0.25, 0.3) is 0 Å². The summed E-state index contributed by atoms with van der Waals surface area (Å²) in [5.41, 5.74) is 4.54. The van der Waals surface area contributed by atoms with Gasteiger partial charge in [0, 0.05) is 44.3 Å². The fraction of sp³-hybridized carbons (Fsp3) is 0.500. The van der Waals surface area contributed by atoms with Gasteiger partial charge in [-0.2, -0.15) is 0 Å². The lowest BCUT2D eigenvalue weighted by molar-refractivity contribution is -0.0979. The van der Waals surface area contributed by atoms with Gasteiger partial charge in [0.1, 0.15) is 6.79 Å². The van der Waals surface area contributed by atoms with E-state index in [-0.39, 0.29) is 0 Å². The number of benzene rings is 1. The fourth-order valence-electron chi connectivity index (χ4n) is 4.63. The summed E-state index contributed by atoms with van der Waals surface area (Å²) in [4.78, 5) is 13.2. The number of nitrogens with zero attached hydrogens (tertiary/aromatic N) is 2. The van der Waals surface area contributed by atoms with Gasteiger partial charge in [-0.25, -0.2) is 0 Å². The summed E-state index contributed by atoms with van der Waals surface area (Å²) >= 11 is 0. The summed E-state index contributed by atoms with van der Waals surface area (Å²) in [6.07, 6.45) is 17.4. The van der Waals surface area contributed by atoms with E-state index < -0.39 is 0 Å². The zero-order chi connectivity index (χ0) is 24.5. The number of carbonyl (C=O) groups is 1. The molecule has 1 fully saturated rings. The van der Waals surface area contributed by atoms with Gasteiger partial charge in [-0.15, -0.1) is 0 Å². The van der Waals surface area contributed by atoms with Crippen molar-refractivity contribution in [1.82, 2.24) is 9.80 Å². The van der Waals surface area contributed by atoms with E-state index in [1.165, 1.54) is 24.1 Å². The lowest BCUT2D eigenvalue weighted by atomic mass is 9.79. The molecule has 4 rings (SSSR count). The Morgan fingerprint density at radius 1 is 0.909 bits per heavy atom. The van der Waals surface area contributed by atoms with Crippen molar-refractivity contribution in [2.24, 2.45) is 5.92 Å². The van der Waals surface area contributed by atoms with Crippen molar-refractivity contribution in [1.29, 1.82) is 0 Å². The minimum absolute atomic E-state index is 0.610. The highest BCUT2D eigenvalue weighted by Crippen LogP contribution is 2.36. The molecule has 1 heterocycles. The number of hydrogen-bond donors (Lipinski definition) is 0. The van der Waals surface area contributed by atoms with Crippen LogP contribution in [0.1, 0.15) is 65.4 Å². The lowest BCUT2D eigenvalue weighted by Gasteiger charge is -2.39. The largest absolute Gasteiger partial charge is 0.369 e. The minimum Gasteiger partial charge on any atom is -0.369 e. The second kappa shape index (κ2) is 17.1. The standard InChI is InChI=1S/C25H32N2.2C2H6.CH2O/c1-21-13-14-25(22-9-5-4-6-10-22)23(19-21)20-26-15-17-27(18-16-26)24-11-7-2-3-8-12-24;3*1-2/h2-7,9-12,19,21,25H,8,13-18,20H2,1H3;2*1-2H3;1H2. The maximum atomic E-state index is 8.00. The molecule has 3 heteroatoms. The first-order valence-electron chi connectivity index (χ1n) is 12.8. The Hall–Kier alpha value is -2.39. The van der Waals surface area contributed by atoms with E-state index >= 15 is 0 Å². The quantitative estimate of drug-likeness (QED) is 0.461. The zero-order valence-electron chi connectivity index (χ0n) is 21.7. The second-order valence-electron chi connectivity index (χ2n) is 8.17. The molecule has 3 aliphatic rings. The highest BCUT2D eigenvalue weighted by molar-refractivity contribution is 5.32. The van der Waals surface area contributed by atoms with Crippen LogP contribution >= 0.6 is 0 Å². The van der Waals surface area contributed by atoms with Gasteiger partial charge in [-0.1, -0.05) is 101 Å². The summed E-state index contributed by atoms with van der Waals surface area (Å²) in [5, 5.41) is 0. The summed E-state index contributed by atoms with van der Waals surface area (Å²) in [7, 11) is 0. The van der Waals surface area contributed by atoms with Crippen molar-refractivity contribution >= 4 is 6.79 Å². The zero-order valence-corrected chi connectivity index (χ0v) is 21.7. The van der Waals surface area contributed by atoms with E-state index in [1.807, 2.05) is 34.5 Å². The Morgan fingerprint density at radius 3 is 2.24 bits per heavy atom. The van der Waals surface area contributed by atoms with E-state index in [0.717, 1.165) is 45.1 Å². The van der Waals surface area contributed by atoms with Gasteiger partial charge in [0.05, 0.1) is 0 Å². The van der Waals surface area contributed by atoms with Crippen LogP contribution in [0.3, 0.4) is 0 Å². The minimum atomic E-state index is 0.610. The van der Waals surface area contributed by atoms with Crippen LogP contribution in [0.5, 0.6) is 0 Å². The average Bonchev–Trinajstić information content (AvgIpc) is 3.19. The van der Waals surface area contributed by atoms with Gasteiger partial charge in [-0.05, 0) is 36.8 Å². The molecule has 0 aromatic heterocycles. The summed E-state index contributed by atoms with van der Waals surface area (Å²) < 4.78 is 0. The molecular formula is C30H46N2O. The highest BCUT2D eigenvalue weighted by Gasteiger charge is 2.25. The molecule has 2 atom stereocenters. The monoisotopic (exact) mass is 450 g/mol. The van der Waals surface area contributed by atoms with E-state index in [9.17, 15) is 0 Å².